The lowest BCUT2D eigenvalue weighted by Gasteiger charge is -2.27. The maximum atomic E-state index is 2.45. The van der Waals surface area contributed by atoms with Crippen molar-refractivity contribution in [2.24, 2.45) is 17.8 Å². The van der Waals surface area contributed by atoms with Gasteiger partial charge in [0.25, 0.3) is 0 Å². The second kappa shape index (κ2) is 9.49. The highest BCUT2D eigenvalue weighted by atomic mass is 14.3. The zero-order valence-corrected chi connectivity index (χ0v) is 14.5. The SMILES string of the molecule is CC1C=CC=C1C1C=CC[C@@H](CCCc2ccccc2)C1.N.N. The monoisotopic (exact) mass is 312 g/mol. The van der Waals surface area contributed by atoms with E-state index in [1.807, 2.05) is 0 Å². The summed E-state index contributed by atoms with van der Waals surface area (Å²) in [5, 5.41) is 0. The molecule has 1 aromatic carbocycles. The Morgan fingerprint density at radius 1 is 1.04 bits per heavy atom. The molecule has 3 atom stereocenters. The van der Waals surface area contributed by atoms with E-state index < -0.39 is 0 Å². The predicted molar refractivity (Wildman–Crippen MR) is 101 cm³/mol. The van der Waals surface area contributed by atoms with E-state index in [1.165, 1.54) is 37.7 Å². The molecular weight excluding hydrogens is 280 g/mol. The molecular formula is C21H32N2. The Hall–Kier alpha value is -1.64. The highest BCUT2D eigenvalue weighted by Crippen LogP contribution is 2.36. The van der Waals surface area contributed by atoms with Crippen molar-refractivity contribution in [3.05, 3.63) is 71.8 Å². The van der Waals surface area contributed by atoms with Crippen molar-refractivity contribution in [1.82, 2.24) is 12.3 Å². The van der Waals surface area contributed by atoms with E-state index >= 15 is 0 Å². The van der Waals surface area contributed by atoms with Crippen molar-refractivity contribution in [1.29, 1.82) is 0 Å². The van der Waals surface area contributed by atoms with Crippen LogP contribution >= 0.6 is 0 Å². The molecule has 3 rings (SSSR count). The van der Waals surface area contributed by atoms with Gasteiger partial charge in [-0.1, -0.05) is 73.2 Å². The smallest absolute Gasteiger partial charge is 0.00116 e. The molecule has 2 aliphatic carbocycles. The van der Waals surface area contributed by atoms with Crippen LogP contribution < -0.4 is 12.3 Å². The second-order valence-corrected chi connectivity index (χ2v) is 6.59. The van der Waals surface area contributed by atoms with Crippen molar-refractivity contribution in [2.75, 3.05) is 0 Å². The first-order valence-electron chi connectivity index (χ1n) is 8.42. The molecule has 0 fully saturated rings. The van der Waals surface area contributed by atoms with Crippen LogP contribution in [0.4, 0.5) is 0 Å². The molecule has 6 N–H and O–H groups in total. The van der Waals surface area contributed by atoms with Crippen LogP contribution in [0.25, 0.3) is 0 Å². The normalized spacial score (nSPS) is 25.4. The quantitative estimate of drug-likeness (QED) is 0.650. The highest BCUT2D eigenvalue weighted by molar-refractivity contribution is 5.31. The van der Waals surface area contributed by atoms with Crippen LogP contribution in [0.2, 0.25) is 0 Å². The first-order valence-corrected chi connectivity index (χ1v) is 8.42. The number of aryl methyl sites for hydroxylation is 1. The third-order valence-corrected chi connectivity index (χ3v) is 4.99. The highest BCUT2D eigenvalue weighted by Gasteiger charge is 2.23. The Kier molecular flexibility index (Phi) is 8.01. The lowest BCUT2D eigenvalue weighted by atomic mass is 9.78. The number of allylic oxidation sites excluding steroid dienone is 6. The van der Waals surface area contributed by atoms with Gasteiger partial charge in [0.2, 0.25) is 0 Å². The molecule has 0 bridgehead atoms. The Bertz CT molecular complexity index is 542. The van der Waals surface area contributed by atoms with Crippen molar-refractivity contribution >= 4 is 0 Å². The summed E-state index contributed by atoms with van der Waals surface area (Å²) >= 11 is 0. The molecule has 2 aliphatic rings. The van der Waals surface area contributed by atoms with Gasteiger partial charge in [0.1, 0.15) is 0 Å². The van der Waals surface area contributed by atoms with E-state index in [4.69, 9.17) is 0 Å². The minimum absolute atomic E-state index is 0. The number of hydrogen-bond acceptors (Lipinski definition) is 2. The fourth-order valence-electron chi connectivity index (χ4n) is 3.75. The zero-order valence-electron chi connectivity index (χ0n) is 14.5. The maximum absolute atomic E-state index is 2.45. The van der Waals surface area contributed by atoms with Gasteiger partial charge in [0, 0.05) is 0 Å². The molecule has 2 nitrogen and oxygen atoms in total. The van der Waals surface area contributed by atoms with Crippen molar-refractivity contribution in [3.8, 4) is 0 Å². The van der Waals surface area contributed by atoms with Crippen molar-refractivity contribution < 1.29 is 0 Å². The molecule has 23 heavy (non-hydrogen) atoms. The topological polar surface area (TPSA) is 70.0 Å². The fraction of sp³-hybridized carbons (Fsp3) is 0.429. The minimum Gasteiger partial charge on any atom is -0.344 e. The molecule has 1 aromatic rings. The molecule has 0 amide bonds. The molecule has 0 saturated heterocycles. The van der Waals surface area contributed by atoms with Gasteiger partial charge in [0.15, 0.2) is 0 Å². The number of benzene rings is 1. The standard InChI is InChI=1S/C21H26.2H3N/c1-17-8-5-15-21(17)20-14-7-13-19(16-20)12-6-11-18-9-3-2-4-10-18;;/h2-5,7-10,14-15,17,19-20H,6,11-13,16H2,1H3;2*1H3/t17?,19-,20?;;/m1../s1. The predicted octanol–water partition coefficient (Wildman–Crippen LogP) is 6.05. The maximum Gasteiger partial charge on any atom is -0.00116 e. The van der Waals surface area contributed by atoms with Crippen LogP contribution in [0.15, 0.2) is 66.3 Å². The molecule has 0 radical (unpaired) electrons. The third kappa shape index (κ3) is 5.19. The molecule has 126 valence electrons. The second-order valence-electron chi connectivity index (χ2n) is 6.59. The first kappa shape index (κ1) is 19.4. The molecule has 0 spiro atoms. The van der Waals surface area contributed by atoms with Crippen LogP contribution in [0.5, 0.6) is 0 Å². The molecule has 0 saturated carbocycles. The summed E-state index contributed by atoms with van der Waals surface area (Å²) in [4.78, 5) is 0. The summed E-state index contributed by atoms with van der Waals surface area (Å²) in [5.41, 5.74) is 3.11. The first-order chi connectivity index (χ1) is 10.3. The Balaban J connectivity index is 0.00000132. The van der Waals surface area contributed by atoms with E-state index in [-0.39, 0.29) is 12.3 Å². The van der Waals surface area contributed by atoms with Gasteiger partial charge in [-0.05, 0) is 55.4 Å². The lowest BCUT2D eigenvalue weighted by molar-refractivity contribution is 0.384. The van der Waals surface area contributed by atoms with Gasteiger partial charge >= 0.3 is 0 Å². The van der Waals surface area contributed by atoms with Crippen LogP contribution in [0, 0.1) is 17.8 Å². The largest absolute Gasteiger partial charge is 0.344 e. The summed E-state index contributed by atoms with van der Waals surface area (Å²) in [6, 6.07) is 10.9. The van der Waals surface area contributed by atoms with Crippen molar-refractivity contribution in [3.63, 3.8) is 0 Å². The van der Waals surface area contributed by atoms with Crippen LogP contribution in [-0.4, -0.2) is 0 Å². The van der Waals surface area contributed by atoms with E-state index in [1.54, 1.807) is 5.57 Å². The van der Waals surface area contributed by atoms with E-state index in [9.17, 15) is 0 Å². The Morgan fingerprint density at radius 3 is 2.52 bits per heavy atom. The average Bonchev–Trinajstić information content (AvgIpc) is 2.95. The van der Waals surface area contributed by atoms with Crippen LogP contribution in [0.3, 0.4) is 0 Å². The van der Waals surface area contributed by atoms with Gasteiger partial charge in [-0.25, -0.2) is 0 Å². The Labute approximate surface area is 141 Å². The molecule has 0 aromatic heterocycles. The summed E-state index contributed by atoms with van der Waals surface area (Å²) in [5.74, 6) is 2.20. The van der Waals surface area contributed by atoms with Crippen molar-refractivity contribution in [2.45, 2.75) is 39.0 Å². The molecule has 0 heterocycles. The van der Waals surface area contributed by atoms with Gasteiger partial charge < -0.3 is 12.3 Å². The van der Waals surface area contributed by atoms with E-state index in [2.05, 4.69) is 67.6 Å². The fourth-order valence-corrected chi connectivity index (χ4v) is 3.75. The van der Waals surface area contributed by atoms with Gasteiger partial charge in [-0.15, -0.1) is 0 Å². The summed E-state index contributed by atoms with van der Waals surface area (Å²) in [6.45, 7) is 2.32. The van der Waals surface area contributed by atoms with Gasteiger partial charge in [-0.2, -0.15) is 0 Å². The van der Waals surface area contributed by atoms with E-state index in [0.29, 0.717) is 11.8 Å². The Morgan fingerprint density at radius 2 is 1.83 bits per heavy atom. The number of rotatable bonds is 5. The minimum atomic E-state index is 0. The van der Waals surface area contributed by atoms with E-state index in [0.717, 1.165) is 5.92 Å². The summed E-state index contributed by atoms with van der Waals surface area (Å²) < 4.78 is 0. The summed E-state index contributed by atoms with van der Waals surface area (Å²) in [6.07, 6.45) is 18.3. The third-order valence-electron chi connectivity index (χ3n) is 4.99. The van der Waals surface area contributed by atoms with Crippen LogP contribution in [0.1, 0.15) is 38.2 Å². The summed E-state index contributed by atoms with van der Waals surface area (Å²) in [7, 11) is 0. The zero-order chi connectivity index (χ0) is 14.5. The average molecular weight is 313 g/mol. The van der Waals surface area contributed by atoms with Gasteiger partial charge in [-0.3, -0.25) is 0 Å². The lowest BCUT2D eigenvalue weighted by Crippen LogP contribution is -2.15. The molecule has 2 unspecified atom stereocenters. The molecule has 2 heteroatoms. The molecule has 0 aliphatic heterocycles. The van der Waals surface area contributed by atoms with Crippen LogP contribution in [-0.2, 0) is 6.42 Å². The van der Waals surface area contributed by atoms with Gasteiger partial charge in [0.05, 0.1) is 0 Å². The number of hydrogen-bond donors (Lipinski definition) is 2.